The van der Waals surface area contributed by atoms with E-state index in [9.17, 15) is 19.8 Å². The van der Waals surface area contributed by atoms with E-state index in [0.717, 1.165) is 43.8 Å². The Morgan fingerprint density at radius 1 is 1.15 bits per heavy atom. The van der Waals surface area contributed by atoms with E-state index in [0.29, 0.717) is 25.3 Å². The molecule has 2 aliphatic carbocycles. The van der Waals surface area contributed by atoms with Gasteiger partial charge in [0.1, 0.15) is 11.3 Å². The molecule has 0 unspecified atom stereocenters. The first-order valence-corrected chi connectivity index (χ1v) is 12.7. The van der Waals surface area contributed by atoms with Crippen LogP contribution in [0.3, 0.4) is 0 Å². The number of nitrogens with one attached hydrogen (secondary N) is 2. The van der Waals surface area contributed by atoms with Crippen molar-refractivity contribution < 1.29 is 19.8 Å². The van der Waals surface area contributed by atoms with Crippen LogP contribution in [0.1, 0.15) is 75.3 Å². The normalized spacial score (nSPS) is 32.3. The molecule has 1 saturated carbocycles. The van der Waals surface area contributed by atoms with Gasteiger partial charge in [-0.1, -0.05) is 25.3 Å². The van der Waals surface area contributed by atoms with Gasteiger partial charge < -0.3 is 15.5 Å². The predicted molar refractivity (Wildman–Crippen MR) is 125 cm³/mol. The molecule has 3 atom stereocenters. The summed E-state index contributed by atoms with van der Waals surface area (Å²) in [5.74, 6) is 0.743. The topological polar surface area (TPSA) is 102 Å². The van der Waals surface area contributed by atoms with Gasteiger partial charge in [0.2, 0.25) is 0 Å². The molecule has 0 spiro atoms. The van der Waals surface area contributed by atoms with Crippen LogP contribution in [-0.4, -0.2) is 58.3 Å². The summed E-state index contributed by atoms with van der Waals surface area (Å²) in [6, 6.07) is 5.66. The van der Waals surface area contributed by atoms with Gasteiger partial charge in [-0.05, 0) is 87.1 Å². The SMILES string of the molecule is O=C1NC(=O)[C@](CCCO)(C[C@]23CCN(CC4CCCCC4)[C@H](Cc4ccc(O)cc42)C3)N1. The van der Waals surface area contributed by atoms with Gasteiger partial charge in [-0.25, -0.2) is 4.79 Å². The van der Waals surface area contributed by atoms with E-state index in [1.165, 1.54) is 37.7 Å². The number of benzene rings is 1. The number of carbonyl (C=O) groups is 2. The second-order valence-electron chi connectivity index (χ2n) is 10.9. The van der Waals surface area contributed by atoms with Crippen LogP contribution in [0.25, 0.3) is 0 Å². The maximum atomic E-state index is 13.0. The summed E-state index contributed by atoms with van der Waals surface area (Å²) >= 11 is 0. The summed E-state index contributed by atoms with van der Waals surface area (Å²) in [7, 11) is 0. The molecular formula is C26H37N3O4. The molecule has 3 fully saturated rings. The highest BCUT2D eigenvalue weighted by molar-refractivity contribution is 6.07. The fraction of sp³-hybridized carbons (Fsp3) is 0.692. The Balaban J connectivity index is 1.46. The first-order chi connectivity index (χ1) is 15.9. The van der Waals surface area contributed by atoms with Crippen LogP contribution in [0.15, 0.2) is 18.2 Å². The number of imide groups is 1. The van der Waals surface area contributed by atoms with Crippen molar-refractivity contribution in [3.8, 4) is 5.75 Å². The average molecular weight is 456 g/mol. The molecule has 33 heavy (non-hydrogen) atoms. The third-order valence-corrected chi connectivity index (χ3v) is 8.77. The average Bonchev–Trinajstić information content (AvgIpc) is 3.08. The minimum atomic E-state index is -1.02. The number of piperidine rings is 1. The van der Waals surface area contributed by atoms with Crippen LogP contribution in [0.4, 0.5) is 4.79 Å². The summed E-state index contributed by atoms with van der Waals surface area (Å²) in [5.41, 5.74) is 1.08. The number of phenolic OH excluding ortho intramolecular Hbond substituents is 1. The maximum Gasteiger partial charge on any atom is 0.322 e. The molecule has 2 saturated heterocycles. The molecule has 2 aliphatic heterocycles. The zero-order chi connectivity index (χ0) is 23.1. The molecule has 4 N–H and O–H groups in total. The Hall–Kier alpha value is -2.12. The maximum absolute atomic E-state index is 13.0. The number of phenols is 1. The molecule has 0 radical (unpaired) electrons. The summed E-state index contributed by atoms with van der Waals surface area (Å²) in [6.45, 7) is 2.11. The standard InChI is InChI=1S/C26H37N3O4/c30-12-4-9-26(23(32)27-24(33)28-26)17-25-10-11-29(16-18-5-2-1-3-6-18)20(15-25)13-19-7-8-21(31)14-22(19)25/h7-8,14,18,20,30-31H,1-6,9-13,15-17H2,(H2,27,28,32,33)/t20-,25-,26+/m1/s1. The summed E-state index contributed by atoms with van der Waals surface area (Å²) in [5, 5.41) is 25.2. The van der Waals surface area contributed by atoms with Crippen molar-refractivity contribution in [3.63, 3.8) is 0 Å². The van der Waals surface area contributed by atoms with Crippen LogP contribution in [0.5, 0.6) is 5.75 Å². The largest absolute Gasteiger partial charge is 0.508 e. The number of aliphatic hydroxyl groups excluding tert-OH is 1. The Kier molecular flexibility index (Phi) is 6.12. The van der Waals surface area contributed by atoms with Gasteiger partial charge in [0, 0.05) is 24.6 Å². The number of carbonyl (C=O) groups excluding carboxylic acids is 2. The van der Waals surface area contributed by atoms with Crippen molar-refractivity contribution in [2.75, 3.05) is 19.7 Å². The summed E-state index contributed by atoms with van der Waals surface area (Å²) < 4.78 is 0. The van der Waals surface area contributed by atoms with Crippen molar-refractivity contribution >= 4 is 11.9 Å². The quantitative estimate of drug-likeness (QED) is 0.474. The molecular weight excluding hydrogens is 418 g/mol. The predicted octanol–water partition coefficient (Wildman–Crippen LogP) is 2.97. The molecule has 5 rings (SSSR count). The lowest BCUT2D eigenvalue weighted by Crippen LogP contribution is -2.59. The van der Waals surface area contributed by atoms with E-state index in [-0.39, 0.29) is 23.7 Å². The lowest BCUT2D eigenvalue weighted by atomic mass is 9.58. The highest BCUT2D eigenvalue weighted by Crippen LogP contribution is 2.51. The zero-order valence-corrected chi connectivity index (χ0v) is 19.4. The van der Waals surface area contributed by atoms with Crippen molar-refractivity contribution in [1.82, 2.24) is 15.5 Å². The highest BCUT2D eigenvalue weighted by atomic mass is 16.3. The van der Waals surface area contributed by atoms with E-state index in [1.54, 1.807) is 6.07 Å². The molecule has 4 aliphatic rings. The van der Waals surface area contributed by atoms with Crippen molar-refractivity contribution in [1.29, 1.82) is 0 Å². The number of aromatic hydroxyl groups is 1. The second-order valence-corrected chi connectivity index (χ2v) is 10.9. The molecule has 0 aromatic heterocycles. The number of rotatable bonds is 7. The third-order valence-electron chi connectivity index (χ3n) is 8.77. The molecule has 7 nitrogen and oxygen atoms in total. The van der Waals surface area contributed by atoms with Gasteiger partial charge in [-0.2, -0.15) is 0 Å². The number of likely N-dealkylation sites (tertiary alicyclic amines) is 1. The molecule has 3 amide bonds. The van der Waals surface area contributed by atoms with Crippen molar-refractivity contribution in [3.05, 3.63) is 29.3 Å². The van der Waals surface area contributed by atoms with Crippen LogP contribution in [-0.2, 0) is 16.6 Å². The van der Waals surface area contributed by atoms with Crippen molar-refractivity contribution in [2.45, 2.75) is 87.6 Å². The van der Waals surface area contributed by atoms with Crippen molar-refractivity contribution in [2.24, 2.45) is 5.92 Å². The van der Waals surface area contributed by atoms with Crippen LogP contribution < -0.4 is 10.6 Å². The number of amides is 3. The van der Waals surface area contributed by atoms with Gasteiger partial charge in [-0.3, -0.25) is 15.0 Å². The fourth-order valence-corrected chi connectivity index (χ4v) is 7.23. The monoisotopic (exact) mass is 455 g/mol. The van der Waals surface area contributed by atoms with E-state index in [4.69, 9.17) is 0 Å². The minimum Gasteiger partial charge on any atom is -0.508 e. The Labute approximate surface area is 195 Å². The fourth-order valence-electron chi connectivity index (χ4n) is 7.23. The molecule has 180 valence electrons. The highest BCUT2D eigenvalue weighted by Gasteiger charge is 2.55. The van der Waals surface area contributed by atoms with E-state index in [1.807, 2.05) is 12.1 Å². The number of fused-ring (bicyclic) bond motifs is 4. The Morgan fingerprint density at radius 2 is 1.97 bits per heavy atom. The smallest absolute Gasteiger partial charge is 0.322 e. The Bertz CT molecular complexity index is 915. The third kappa shape index (κ3) is 4.26. The van der Waals surface area contributed by atoms with Crippen LogP contribution in [0, 0.1) is 5.92 Å². The lowest BCUT2D eigenvalue weighted by Gasteiger charge is -2.54. The first-order valence-electron chi connectivity index (χ1n) is 12.7. The zero-order valence-electron chi connectivity index (χ0n) is 19.4. The van der Waals surface area contributed by atoms with Gasteiger partial charge in [0.15, 0.2) is 0 Å². The second kappa shape index (κ2) is 8.91. The molecule has 1 aromatic carbocycles. The summed E-state index contributed by atoms with van der Waals surface area (Å²) in [4.78, 5) is 27.9. The van der Waals surface area contributed by atoms with Gasteiger partial charge in [-0.15, -0.1) is 0 Å². The van der Waals surface area contributed by atoms with Crippen LogP contribution in [0.2, 0.25) is 0 Å². The molecule has 2 heterocycles. The number of aliphatic hydroxyl groups is 1. The lowest BCUT2D eigenvalue weighted by molar-refractivity contribution is -0.125. The number of hydrogen-bond donors (Lipinski definition) is 4. The molecule has 7 heteroatoms. The first kappa shape index (κ1) is 22.7. The molecule has 1 aromatic rings. The van der Waals surface area contributed by atoms with E-state index < -0.39 is 11.6 Å². The summed E-state index contributed by atoms with van der Waals surface area (Å²) in [6.07, 6.45) is 10.9. The van der Waals surface area contributed by atoms with E-state index >= 15 is 0 Å². The van der Waals surface area contributed by atoms with Gasteiger partial charge in [0.05, 0.1) is 0 Å². The number of hydrogen-bond acceptors (Lipinski definition) is 5. The number of nitrogens with zero attached hydrogens (tertiary/aromatic N) is 1. The van der Waals surface area contributed by atoms with Crippen LogP contribution >= 0.6 is 0 Å². The Morgan fingerprint density at radius 3 is 2.70 bits per heavy atom. The number of urea groups is 1. The minimum absolute atomic E-state index is 0.0208. The van der Waals surface area contributed by atoms with Gasteiger partial charge in [0.25, 0.3) is 5.91 Å². The molecule has 2 bridgehead atoms. The van der Waals surface area contributed by atoms with Gasteiger partial charge >= 0.3 is 6.03 Å². The van der Waals surface area contributed by atoms with E-state index in [2.05, 4.69) is 15.5 Å².